The Morgan fingerprint density at radius 1 is 0.885 bits per heavy atom. The molecule has 6 aromatic rings. The van der Waals surface area contributed by atoms with Crippen molar-refractivity contribution >= 4 is 52.0 Å². The number of amides is 2. The highest BCUT2D eigenvalue weighted by Gasteiger charge is 2.28. The molecule has 0 unspecified atom stereocenters. The molecule has 0 spiro atoms. The maximum atomic E-state index is 15.0. The van der Waals surface area contributed by atoms with E-state index in [1.165, 1.54) is 30.5 Å². The lowest BCUT2D eigenvalue weighted by molar-refractivity contribution is 0.0903. The predicted octanol–water partition coefficient (Wildman–Crippen LogP) is 6.36. The number of aromatic nitrogens is 6. The zero-order valence-corrected chi connectivity index (χ0v) is 29.1. The van der Waals surface area contributed by atoms with Gasteiger partial charge in [0.05, 0.1) is 44.6 Å². The number of hydrogen-bond acceptors (Lipinski definition) is 8. The quantitative estimate of drug-likeness (QED) is 0.154. The normalized spacial score (nSPS) is 14.6. The van der Waals surface area contributed by atoms with E-state index in [9.17, 15) is 18.4 Å². The fourth-order valence-electron chi connectivity index (χ4n) is 6.20. The van der Waals surface area contributed by atoms with Gasteiger partial charge in [-0.1, -0.05) is 41.4 Å². The summed E-state index contributed by atoms with van der Waals surface area (Å²) in [6, 6.07) is 15.3. The molecule has 2 amide bonds. The zero-order valence-electron chi connectivity index (χ0n) is 27.6. The summed E-state index contributed by atoms with van der Waals surface area (Å²) in [6.45, 7) is 1.13. The highest BCUT2D eigenvalue weighted by atomic mass is 35.5. The summed E-state index contributed by atoms with van der Waals surface area (Å²) in [5, 5.41) is 15.6. The number of halogens is 4. The van der Waals surface area contributed by atoms with Gasteiger partial charge in [-0.2, -0.15) is 14.9 Å². The number of ether oxygens (including phenoxy) is 1. The molecule has 4 heterocycles. The topological polar surface area (TPSA) is 155 Å². The molecule has 7 rings (SSSR count). The first-order valence-corrected chi connectivity index (χ1v) is 17.0. The average molecular weight is 747 g/mol. The predicted molar refractivity (Wildman–Crippen MR) is 190 cm³/mol. The van der Waals surface area contributed by atoms with Gasteiger partial charge in [0.15, 0.2) is 0 Å². The molecule has 0 bridgehead atoms. The van der Waals surface area contributed by atoms with E-state index in [1.807, 2.05) is 0 Å². The molecule has 266 valence electrons. The van der Waals surface area contributed by atoms with Crippen molar-refractivity contribution in [1.82, 2.24) is 34.8 Å². The molecular weight excluding hydrogens is 715 g/mol. The number of carbonyl (C=O) groups is 2. The second-order valence-electron chi connectivity index (χ2n) is 12.3. The number of nitrogens with zero attached hydrogens (tertiary/aromatic N) is 6. The molecule has 1 fully saturated rings. The van der Waals surface area contributed by atoms with Gasteiger partial charge in [0.2, 0.25) is 5.95 Å². The lowest BCUT2D eigenvalue weighted by atomic mass is 9.89. The van der Waals surface area contributed by atoms with Gasteiger partial charge < -0.3 is 21.1 Å². The first kappa shape index (κ1) is 35.0. The minimum absolute atomic E-state index is 0.00456. The molecule has 0 saturated carbocycles. The first-order chi connectivity index (χ1) is 25.0. The number of carbonyl (C=O) groups excluding carboxylic acids is 2. The van der Waals surface area contributed by atoms with E-state index in [4.69, 9.17) is 43.6 Å². The third-order valence-electron chi connectivity index (χ3n) is 8.81. The fourth-order valence-corrected chi connectivity index (χ4v) is 6.44. The van der Waals surface area contributed by atoms with Crippen LogP contribution in [-0.4, -0.2) is 60.7 Å². The number of anilines is 1. The van der Waals surface area contributed by atoms with Crippen LogP contribution in [0.1, 0.15) is 63.4 Å². The summed E-state index contributed by atoms with van der Waals surface area (Å²) in [5.41, 5.74) is 8.30. The Hall–Kier alpha value is -5.44. The monoisotopic (exact) mass is 745 g/mol. The van der Waals surface area contributed by atoms with E-state index in [-0.39, 0.29) is 27.6 Å². The van der Waals surface area contributed by atoms with Gasteiger partial charge in [0.25, 0.3) is 5.91 Å². The van der Waals surface area contributed by atoms with Crippen LogP contribution in [0.3, 0.4) is 0 Å². The van der Waals surface area contributed by atoms with E-state index in [2.05, 4.69) is 20.8 Å². The van der Waals surface area contributed by atoms with Crippen LogP contribution < -0.4 is 16.4 Å². The zero-order chi connectivity index (χ0) is 36.5. The largest absolute Gasteiger partial charge is 0.381 e. The molecule has 1 saturated heterocycles. The van der Waals surface area contributed by atoms with Crippen LogP contribution in [0, 0.1) is 11.6 Å². The van der Waals surface area contributed by atoms with Crippen molar-refractivity contribution in [1.29, 1.82) is 0 Å². The van der Waals surface area contributed by atoms with E-state index in [0.29, 0.717) is 65.2 Å². The average Bonchev–Trinajstić information content (AvgIpc) is 3.80. The number of nitrogens with two attached hydrogens (primary N) is 1. The molecule has 52 heavy (non-hydrogen) atoms. The summed E-state index contributed by atoms with van der Waals surface area (Å²) in [6.07, 6.45) is 4.56. The van der Waals surface area contributed by atoms with Crippen molar-refractivity contribution < 1.29 is 23.1 Å². The number of hydrogen-bond donors (Lipinski definition) is 3. The molecule has 16 heteroatoms. The Morgan fingerprint density at radius 2 is 1.58 bits per heavy atom. The van der Waals surface area contributed by atoms with Crippen molar-refractivity contribution in [3.8, 4) is 0 Å². The second kappa shape index (κ2) is 14.7. The Morgan fingerprint density at radius 3 is 2.23 bits per heavy atom. The lowest BCUT2D eigenvalue weighted by Crippen LogP contribution is -2.30. The highest BCUT2D eigenvalue weighted by Crippen LogP contribution is 2.36. The summed E-state index contributed by atoms with van der Waals surface area (Å²) in [7, 11) is 1.74. The van der Waals surface area contributed by atoms with Gasteiger partial charge in [0, 0.05) is 49.6 Å². The Kier molecular flexibility index (Phi) is 9.86. The van der Waals surface area contributed by atoms with Gasteiger partial charge in [0.1, 0.15) is 11.6 Å². The van der Waals surface area contributed by atoms with Crippen LogP contribution in [0.4, 0.5) is 19.5 Å². The SMILES string of the molecule is Cn1ccc([C@H](NC(=O)c2ccc3c([C@H](c4ccc(Cl)c(F)c4)c4ccn(C(N)=O)n4)nc(NC4CCOCC4)nc3c2)c2ccc(Cl)c(F)c2)n1. The molecule has 3 aromatic heterocycles. The Bertz CT molecular complexity index is 2310. The van der Waals surface area contributed by atoms with Crippen molar-refractivity contribution in [2.75, 3.05) is 18.5 Å². The van der Waals surface area contributed by atoms with Crippen molar-refractivity contribution in [2.45, 2.75) is 30.8 Å². The molecule has 3 aromatic carbocycles. The van der Waals surface area contributed by atoms with E-state index >= 15 is 0 Å². The van der Waals surface area contributed by atoms with Crippen molar-refractivity contribution in [3.05, 3.63) is 135 Å². The number of rotatable bonds is 9. The molecule has 1 aliphatic heterocycles. The van der Waals surface area contributed by atoms with Gasteiger partial charge in [-0.25, -0.2) is 23.5 Å². The van der Waals surface area contributed by atoms with Crippen LogP contribution >= 0.6 is 23.2 Å². The van der Waals surface area contributed by atoms with Gasteiger partial charge in [-0.15, -0.1) is 0 Å². The standard InChI is InChI=1S/C36H31Cl2F2N9O3/c1-48-12-8-29(46-48)32(20-4-7-25(38)27(40)17-20)44-34(50)21-2-5-23-30(18-21)43-36(42-22-10-14-52-15-11-22)45-33(23)31(19-3-6-24(37)26(39)16-19)28-9-13-49(47-28)35(41)51/h2-9,12-13,16-18,22,31-32H,10-11,14-15H2,1H3,(H2,41,51)(H,44,50)(H,42,43,45)/t31-,32-/m1/s1. The smallest absolute Gasteiger partial charge is 0.339 e. The van der Waals surface area contributed by atoms with Crippen LogP contribution in [0.15, 0.2) is 79.1 Å². The molecule has 0 radical (unpaired) electrons. The lowest BCUT2D eigenvalue weighted by Gasteiger charge is -2.24. The maximum absolute atomic E-state index is 15.0. The minimum atomic E-state index is -0.818. The maximum Gasteiger partial charge on any atom is 0.339 e. The second-order valence-corrected chi connectivity index (χ2v) is 13.1. The number of benzene rings is 3. The third-order valence-corrected chi connectivity index (χ3v) is 9.42. The molecule has 4 N–H and O–H groups in total. The molecule has 1 aliphatic rings. The third kappa shape index (κ3) is 7.31. The van der Waals surface area contributed by atoms with Crippen LogP contribution in [0.2, 0.25) is 10.0 Å². The van der Waals surface area contributed by atoms with Crippen LogP contribution in [-0.2, 0) is 11.8 Å². The summed E-state index contributed by atoms with van der Waals surface area (Å²) in [5.74, 6) is -2.32. The number of primary amides is 1. The summed E-state index contributed by atoms with van der Waals surface area (Å²) < 4.78 is 37.6. The minimum Gasteiger partial charge on any atom is -0.381 e. The molecule has 12 nitrogen and oxygen atoms in total. The highest BCUT2D eigenvalue weighted by molar-refractivity contribution is 6.31. The first-order valence-electron chi connectivity index (χ1n) is 16.3. The number of nitrogens with one attached hydrogen (secondary N) is 2. The Labute approximate surface area is 305 Å². The fraction of sp³-hybridized carbons (Fsp3) is 0.222. The number of aryl methyl sites for hydroxylation is 1. The summed E-state index contributed by atoms with van der Waals surface area (Å²) >= 11 is 12.0. The number of fused-ring (bicyclic) bond motifs is 1. The van der Waals surface area contributed by atoms with Gasteiger partial charge in [-0.3, -0.25) is 9.48 Å². The van der Waals surface area contributed by atoms with E-state index in [1.54, 1.807) is 60.4 Å². The molecule has 0 aliphatic carbocycles. The van der Waals surface area contributed by atoms with Crippen molar-refractivity contribution in [3.63, 3.8) is 0 Å². The van der Waals surface area contributed by atoms with E-state index in [0.717, 1.165) is 4.68 Å². The van der Waals surface area contributed by atoms with Crippen molar-refractivity contribution in [2.24, 2.45) is 12.8 Å². The van der Waals surface area contributed by atoms with Crippen LogP contribution in [0.5, 0.6) is 0 Å². The molecule has 2 atom stereocenters. The van der Waals surface area contributed by atoms with Crippen LogP contribution in [0.25, 0.3) is 10.9 Å². The van der Waals surface area contributed by atoms with E-state index < -0.39 is 35.5 Å². The Balaban J connectivity index is 1.34. The molecular formula is C36H31Cl2F2N9O3. The van der Waals surface area contributed by atoms with Gasteiger partial charge in [-0.05, 0) is 72.5 Å². The van der Waals surface area contributed by atoms with Gasteiger partial charge >= 0.3 is 6.03 Å². The summed E-state index contributed by atoms with van der Waals surface area (Å²) in [4.78, 5) is 35.7.